The van der Waals surface area contributed by atoms with E-state index in [1.807, 2.05) is 6.08 Å². The van der Waals surface area contributed by atoms with E-state index in [1.165, 1.54) is 340 Å². The lowest BCUT2D eigenvalue weighted by atomic mass is 9.99. The van der Waals surface area contributed by atoms with Crippen LogP contribution in [0.2, 0.25) is 0 Å². The first-order valence-corrected chi connectivity index (χ1v) is 39.2. The Bertz CT molecular complexity index is 1490. The number of ether oxygens (including phenoxy) is 2. The highest BCUT2D eigenvalue weighted by atomic mass is 16.7. The molecule has 7 unspecified atom stereocenters. The molecule has 7 atom stereocenters. The Morgan fingerprint density at radius 1 is 0.375 bits per heavy atom. The second kappa shape index (κ2) is 68.3. The molecule has 1 aliphatic rings. The predicted molar refractivity (Wildman–Crippen MR) is 378 cm³/mol. The van der Waals surface area contributed by atoms with Crippen LogP contribution in [-0.4, -0.2) is 87.5 Å². The third kappa shape index (κ3) is 56.0. The molecule has 6 N–H and O–H groups in total. The first-order valence-electron chi connectivity index (χ1n) is 39.2. The van der Waals surface area contributed by atoms with Crippen molar-refractivity contribution in [2.75, 3.05) is 13.2 Å². The minimum atomic E-state index is -1.58. The summed E-state index contributed by atoms with van der Waals surface area (Å²) >= 11 is 0. The van der Waals surface area contributed by atoms with Crippen molar-refractivity contribution in [1.29, 1.82) is 0 Å². The summed E-state index contributed by atoms with van der Waals surface area (Å²) in [7, 11) is 0. The fraction of sp³-hybridized carbons (Fsp3) is 0.911. The monoisotopic (exact) mass is 1240 g/mol. The smallest absolute Gasteiger partial charge is 0.220 e. The molecule has 1 saturated heterocycles. The zero-order valence-electron chi connectivity index (χ0n) is 58.5. The van der Waals surface area contributed by atoms with Gasteiger partial charge >= 0.3 is 0 Å². The zero-order chi connectivity index (χ0) is 63.5. The van der Waals surface area contributed by atoms with Crippen LogP contribution in [-0.2, 0) is 14.3 Å². The lowest BCUT2D eigenvalue weighted by Gasteiger charge is -2.40. The topological polar surface area (TPSA) is 149 Å². The second-order valence-corrected chi connectivity index (χ2v) is 27.5. The van der Waals surface area contributed by atoms with E-state index in [1.54, 1.807) is 6.08 Å². The third-order valence-electron chi connectivity index (χ3n) is 18.9. The molecule has 0 aromatic carbocycles. The zero-order valence-corrected chi connectivity index (χ0v) is 58.5. The molecule has 1 rings (SSSR count). The molecular weight excluding hydrogens is 1090 g/mol. The summed E-state index contributed by atoms with van der Waals surface area (Å²) in [4.78, 5) is 13.2. The van der Waals surface area contributed by atoms with Crippen LogP contribution in [0.5, 0.6) is 0 Å². The number of carbonyl (C=O) groups is 1. The summed E-state index contributed by atoms with van der Waals surface area (Å²) in [6.45, 7) is 3.83. The average molecular weight is 1240 g/mol. The van der Waals surface area contributed by atoms with Crippen molar-refractivity contribution in [2.24, 2.45) is 0 Å². The molecule has 9 nitrogen and oxygen atoms in total. The molecule has 0 aromatic rings. The Balaban J connectivity index is 2.09. The largest absolute Gasteiger partial charge is 0.394 e. The quantitative estimate of drug-likeness (QED) is 0.0261. The molecule has 0 aliphatic carbocycles. The summed E-state index contributed by atoms with van der Waals surface area (Å²) in [5, 5.41) is 54.8. The number of carbonyl (C=O) groups excluding carboxylic acids is 1. The first kappa shape index (κ1) is 84.4. The van der Waals surface area contributed by atoms with Gasteiger partial charge in [0.1, 0.15) is 24.4 Å². The fourth-order valence-electron chi connectivity index (χ4n) is 12.8. The number of aliphatic hydroxyl groups excluding tert-OH is 5. The number of nitrogens with one attached hydrogen (secondary N) is 1. The van der Waals surface area contributed by atoms with Gasteiger partial charge in [0.15, 0.2) is 6.29 Å². The van der Waals surface area contributed by atoms with Gasteiger partial charge in [-0.3, -0.25) is 4.79 Å². The molecule has 0 spiro atoms. The van der Waals surface area contributed by atoms with Gasteiger partial charge in [-0.05, 0) is 44.9 Å². The summed E-state index contributed by atoms with van der Waals surface area (Å²) in [6, 6.07) is -0.829. The first-order chi connectivity index (χ1) is 43.3. The number of allylic oxidation sites excluding steroid dienone is 5. The molecule has 1 aliphatic heterocycles. The lowest BCUT2D eigenvalue weighted by Crippen LogP contribution is -2.60. The van der Waals surface area contributed by atoms with Crippen LogP contribution in [0.1, 0.15) is 406 Å². The lowest BCUT2D eigenvalue weighted by molar-refractivity contribution is -0.302. The molecule has 0 saturated carbocycles. The molecule has 88 heavy (non-hydrogen) atoms. The van der Waals surface area contributed by atoms with Crippen LogP contribution in [0.3, 0.4) is 0 Å². The van der Waals surface area contributed by atoms with E-state index in [0.29, 0.717) is 6.42 Å². The minimum absolute atomic E-state index is 0.182. The van der Waals surface area contributed by atoms with E-state index in [9.17, 15) is 30.3 Å². The number of aliphatic hydroxyl groups is 5. The van der Waals surface area contributed by atoms with Crippen molar-refractivity contribution >= 4 is 5.91 Å². The fourth-order valence-corrected chi connectivity index (χ4v) is 12.8. The molecular formula is C79H151NO8. The van der Waals surface area contributed by atoms with Crippen LogP contribution in [0.15, 0.2) is 36.5 Å². The summed E-state index contributed by atoms with van der Waals surface area (Å²) in [5.74, 6) is -0.182. The van der Waals surface area contributed by atoms with Crippen molar-refractivity contribution in [2.45, 2.75) is 448 Å². The molecule has 1 fully saturated rings. The highest BCUT2D eigenvalue weighted by Gasteiger charge is 2.44. The summed E-state index contributed by atoms with van der Waals surface area (Å²) < 4.78 is 11.3. The van der Waals surface area contributed by atoms with Gasteiger partial charge in [0.05, 0.1) is 25.4 Å². The van der Waals surface area contributed by atoms with Gasteiger partial charge in [-0.25, -0.2) is 0 Å². The van der Waals surface area contributed by atoms with E-state index < -0.39 is 49.5 Å². The van der Waals surface area contributed by atoms with Gasteiger partial charge < -0.3 is 40.3 Å². The van der Waals surface area contributed by atoms with Crippen molar-refractivity contribution in [3.05, 3.63) is 36.5 Å². The minimum Gasteiger partial charge on any atom is -0.394 e. The van der Waals surface area contributed by atoms with Crippen molar-refractivity contribution in [1.82, 2.24) is 5.32 Å². The average Bonchev–Trinajstić information content (AvgIpc) is 3.31. The van der Waals surface area contributed by atoms with E-state index in [0.717, 1.165) is 44.9 Å². The van der Waals surface area contributed by atoms with Gasteiger partial charge in [-0.15, -0.1) is 0 Å². The highest BCUT2D eigenvalue weighted by molar-refractivity contribution is 5.76. The number of hydrogen-bond donors (Lipinski definition) is 6. The molecule has 1 amide bonds. The molecule has 0 radical (unpaired) electrons. The molecule has 9 heteroatoms. The predicted octanol–water partition coefficient (Wildman–Crippen LogP) is 22.2. The van der Waals surface area contributed by atoms with Gasteiger partial charge in [0, 0.05) is 6.42 Å². The Morgan fingerprint density at radius 2 is 0.648 bits per heavy atom. The summed E-state index contributed by atoms with van der Waals surface area (Å²) in [5.41, 5.74) is 0. The number of rotatable bonds is 70. The van der Waals surface area contributed by atoms with Gasteiger partial charge in [-0.2, -0.15) is 0 Å². The maximum absolute atomic E-state index is 13.2. The van der Waals surface area contributed by atoms with Crippen molar-refractivity contribution in [3.8, 4) is 0 Å². The van der Waals surface area contributed by atoms with Crippen molar-refractivity contribution < 1.29 is 39.8 Å². The van der Waals surface area contributed by atoms with Crippen LogP contribution >= 0.6 is 0 Å². The molecule has 0 bridgehead atoms. The normalized spacial score (nSPS) is 18.0. The SMILES string of the molecule is CCCCCCCCCCCCCCCCCCCCCC/C=C/CC/C=C/CC/C=C/C(O)C(COC1OC(CO)C(O)C(O)C1O)NC(=O)CCCCCCCCCCCCCCCCCCCCCCCCCCCCCCCCCCCCC. The van der Waals surface area contributed by atoms with Crippen LogP contribution in [0, 0.1) is 0 Å². The maximum atomic E-state index is 13.2. The van der Waals surface area contributed by atoms with E-state index in [-0.39, 0.29) is 12.5 Å². The highest BCUT2D eigenvalue weighted by Crippen LogP contribution is 2.24. The van der Waals surface area contributed by atoms with E-state index in [2.05, 4.69) is 43.5 Å². The molecule has 520 valence electrons. The number of unbranched alkanes of at least 4 members (excludes halogenated alkanes) is 56. The number of hydrogen-bond acceptors (Lipinski definition) is 8. The van der Waals surface area contributed by atoms with E-state index in [4.69, 9.17) is 9.47 Å². The standard InChI is InChI=1S/C79H151NO8/c1-3-5-7-9-11-13-15-17-19-21-23-25-27-29-31-33-35-36-37-38-39-41-43-45-47-49-51-53-55-57-59-61-63-65-67-69-75(83)80-72(71-87-79-78(86)77(85)76(84)74(70-81)88-79)73(82)68-66-64-62-60-58-56-54-52-50-48-46-44-42-40-34-32-30-28-26-24-22-20-18-16-14-12-10-8-6-4-2/h50,52,58,60,66,68,72-74,76-79,81-82,84-86H,3-49,51,53-57,59,61-65,67,69-71H2,1-2H3,(H,80,83)/b52-50+,60-58+,68-66+. The number of amides is 1. The Labute approximate surface area is 546 Å². The van der Waals surface area contributed by atoms with Crippen molar-refractivity contribution in [3.63, 3.8) is 0 Å². The van der Waals surface area contributed by atoms with Gasteiger partial charge in [-0.1, -0.05) is 391 Å². The third-order valence-corrected chi connectivity index (χ3v) is 18.9. The Morgan fingerprint density at radius 3 is 0.955 bits per heavy atom. The van der Waals surface area contributed by atoms with Gasteiger partial charge in [0.25, 0.3) is 0 Å². The van der Waals surface area contributed by atoms with E-state index >= 15 is 0 Å². The summed E-state index contributed by atoms with van der Waals surface area (Å²) in [6.07, 6.45) is 85.9. The molecule has 0 aromatic heterocycles. The van der Waals surface area contributed by atoms with Crippen LogP contribution < -0.4 is 5.32 Å². The maximum Gasteiger partial charge on any atom is 0.220 e. The van der Waals surface area contributed by atoms with Crippen LogP contribution in [0.4, 0.5) is 0 Å². The van der Waals surface area contributed by atoms with Gasteiger partial charge in [0.2, 0.25) is 5.91 Å². The van der Waals surface area contributed by atoms with Crippen LogP contribution in [0.25, 0.3) is 0 Å². The second-order valence-electron chi connectivity index (χ2n) is 27.5. The molecule has 1 heterocycles. The Hall–Kier alpha value is -1.59. The Kier molecular flexibility index (Phi) is 65.5.